The fourth-order valence-corrected chi connectivity index (χ4v) is 2.25. The molecule has 3 nitrogen and oxygen atoms in total. The van der Waals surface area contributed by atoms with Gasteiger partial charge in [0, 0.05) is 5.02 Å². The van der Waals surface area contributed by atoms with Crippen molar-refractivity contribution in [2.75, 3.05) is 5.32 Å². The first-order valence-electron chi connectivity index (χ1n) is 6.48. The number of anilines is 1. The number of para-hydroxylation sites is 1. The van der Waals surface area contributed by atoms with Gasteiger partial charge >= 0.3 is 6.03 Å². The first-order valence-corrected chi connectivity index (χ1v) is 7.24. The van der Waals surface area contributed by atoms with Crippen molar-refractivity contribution in [2.24, 2.45) is 0 Å². The summed E-state index contributed by atoms with van der Waals surface area (Å²) in [6.07, 6.45) is 0. The Morgan fingerprint density at radius 2 is 1.62 bits per heavy atom. The number of benzene rings is 2. The fraction of sp³-hybridized carbons (Fsp3) is 0.188. The summed E-state index contributed by atoms with van der Waals surface area (Å²) < 4.78 is 0. The number of carbonyl (C=O) groups excluding carboxylic acids is 1. The Labute approximate surface area is 134 Å². The third kappa shape index (κ3) is 4.13. The molecule has 0 unspecified atom stereocenters. The van der Waals surface area contributed by atoms with Gasteiger partial charge in [0.2, 0.25) is 0 Å². The molecule has 0 bridgehead atoms. The molecule has 5 heteroatoms. The van der Waals surface area contributed by atoms with Gasteiger partial charge in [-0.05, 0) is 43.7 Å². The second kappa shape index (κ2) is 6.37. The SMILES string of the molecule is CC(C)(NC(=O)Nc1ccccc1Cl)c1ccc(Cl)cc1. The number of halogens is 2. The minimum absolute atomic E-state index is 0.317. The van der Waals surface area contributed by atoms with E-state index in [9.17, 15) is 4.79 Å². The molecule has 110 valence electrons. The van der Waals surface area contributed by atoms with E-state index in [1.54, 1.807) is 24.3 Å². The van der Waals surface area contributed by atoms with Crippen LogP contribution >= 0.6 is 23.2 Å². The number of rotatable bonds is 3. The number of carbonyl (C=O) groups is 1. The zero-order valence-corrected chi connectivity index (χ0v) is 13.3. The number of urea groups is 1. The van der Waals surface area contributed by atoms with Crippen LogP contribution in [0, 0.1) is 0 Å². The Kier molecular flexibility index (Phi) is 4.76. The van der Waals surface area contributed by atoms with Gasteiger partial charge in [-0.3, -0.25) is 0 Å². The molecule has 0 fully saturated rings. The van der Waals surface area contributed by atoms with Crippen LogP contribution in [0.1, 0.15) is 19.4 Å². The smallest absolute Gasteiger partial charge is 0.319 e. The quantitative estimate of drug-likeness (QED) is 0.815. The number of hydrogen-bond acceptors (Lipinski definition) is 1. The molecule has 2 amide bonds. The van der Waals surface area contributed by atoms with Gasteiger partial charge in [0.1, 0.15) is 0 Å². The monoisotopic (exact) mass is 322 g/mol. The summed E-state index contributed by atoms with van der Waals surface area (Å²) in [6.45, 7) is 3.84. The molecule has 0 saturated heterocycles. The van der Waals surface area contributed by atoms with Crippen molar-refractivity contribution in [3.8, 4) is 0 Å². The summed E-state index contributed by atoms with van der Waals surface area (Å²) in [4.78, 5) is 12.1. The normalized spacial score (nSPS) is 11.0. The molecule has 0 aliphatic rings. The summed E-state index contributed by atoms with van der Waals surface area (Å²) in [5.41, 5.74) is 1.00. The van der Waals surface area contributed by atoms with Crippen molar-refractivity contribution in [2.45, 2.75) is 19.4 Å². The van der Waals surface area contributed by atoms with E-state index in [1.165, 1.54) is 0 Å². The molecule has 0 radical (unpaired) electrons. The van der Waals surface area contributed by atoms with Crippen LogP contribution in [0.4, 0.5) is 10.5 Å². The molecule has 21 heavy (non-hydrogen) atoms. The Morgan fingerprint density at radius 3 is 2.24 bits per heavy atom. The minimum atomic E-state index is -0.532. The Hall–Kier alpha value is -1.71. The van der Waals surface area contributed by atoms with E-state index in [-0.39, 0.29) is 6.03 Å². The lowest BCUT2D eigenvalue weighted by Crippen LogP contribution is -2.43. The van der Waals surface area contributed by atoms with Gasteiger partial charge in [-0.1, -0.05) is 47.5 Å². The predicted octanol–water partition coefficient (Wildman–Crippen LogP) is 5.05. The molecule has 0 aliphatic heterocycles. The maximum absolute atomic E-state index is 12.1. The number of hydrogen-bond donors (Lipinski definition) is 2. The van der Waals surface area contributed by atoms with Gasteiger partial charge in [0.25, 0.3) is 0 Å². The van der Waals surface area contributed by atoms with E-state index in [2.05, 4.69) is 10.6 Å². The molecular formula is C16H16Cl2N2O. The average Bonchev–Trinajstić information content (AvgIpc) is 2.41. The summed E-state index contributed by atoms with van der Waals surface area (Å²) in [7, 11) is 0. The Balaban J connectivity index is 2.08. The van der Waals surface area contributed by atoms with Gasteiger partial charge in [-0.25, -0.2) is 4.79 Å². The molecule has 2 N–H and O–H groups in total. The first-order chi connectivity index (χ1) is 9.88. The summed E-state index contributed by atoms with van der Waals surface area (Å²) in [5.74, 6) is 0. The lowest BCUT2D eigenvalue weighted by molar-refractivity contribution is 0.242. The fourth-order valence-electron chi connectivity index (χ4n) is 1.94. The summed E-state index contributed by atoms with van der Waals surface area (Å²) in [6, 6.07) is 14.1. The third-order valence-corrected chi connectivity index (χ3v) is 3.70. The lowest BCUT2D eigenvalue weighted by Gasteiger charge is -2.27. The zero-order chi connectivity index (χ0) is 15.5. The second-order valence-corrected chi connectivity index (χ2v) is 6.03. The highest BCUT2D eigenvalue weighted by molar-refractivity contribution is 6.33. The van der Waals surface area contributed by atoms with E-state index in [0.717, 1.165) is 5.56 Å². The zero-order valence-electron chi connectivity index (χ0n) is 11.8. The molecule has 0 heterocycles. The van der Waals surface area contributed by atoms with Crippen molar-refractivity contribution in [3.05, 3.63) is 64.1 Å². The molecule has 0 atom stereocenters. The number of nitrogens with one attached hydrogen (secondary N) is 2. The van der Waals surface area contributed by atoms with Crippen molar-refractivity contribution < 1.29 is 4.79 Å². The van der Waals surface area contributed by atoms with Gasteiger partial charge in [-0.2, -0.15) is 0 Å². The average molecular weight is 323 g/mol. The van der Waals surface area contributed by atoms with Crippen molar-refractivity contribution in [3.63, 3.8) is 0 Å². The Bertz CT molecular complexity index is 639. The van der Waals surface area contributed by atoms with Crippen LogP contribution in [-0.4, -0.2) is 6.03 Å². The van der Waals surface area contributed by atoms with Crippen molar-refractivity contribution >= 4 is 34.9 Å². The van der Waals surface area contributed by atoms with Gasteiger partial charge in [0.05, 0.1) is 16.2 Å². The van der Waals surface area contributed by atoms with Crippen LogP contribution in [0.25, 0.3) is 0 Å². The standard InChI is InChI=1S/C16H16Cl2N2O/c1-16(2,11-7-9-12(17)10-8-11)20-15(21)19-14-6-4-3-5-13(14)18/h3-10H,1-2H3,(H2,19,20,21). The van der Waals surface area contributed by atoms with Crippen LogP contribution in [0.15, 0.2) is 48.5 Å². The van der Waals surface area contributed by atoms with E-state index in [0.29, 0.717) is 15.7 Å². The highest BCUT2D eigenvalue weighted by atomic mass is 35.5. The first kappa shape index (κ1) is 15.7. The van der Waals surface area contributed by atoms with Gasteiger partial charge < -0.3 is 10.6 Å². The van der Waals surface area contributed by atoms with Crippen LogP contribution in [0.3, 0.4) is 0 Å². The maximum Gasteiger partial charge on any atom is 0.319 e. The van der Waals surface area contributed by atoms with Crippen LogP contribution in [0.5, 0.6) is 0 Å². The molecule has 0 aromatic heterocycles. The molecular weight excluding hydrogens is 307 g/mol. The molecule has 2 aromatic rings. The molecule has 0 spiro atoms. The van der Waals surface area contributed by atoms with E-state index in [4.69, 9.17) is 23.2 Å². The minimum Gasteiger partial charge on any atom is -0.329 e. The summed E-state index contributed by atoms with van der Waals surface area (Å²) in [5, 5.41) is 6.81. The van der Waals surface area contributed by atoms with Crippen LogP contribution in [-0.2, 0) is 5.54 Å². The molecule has 0 saturated carbocycles. The maximum atomic E-state index is 12.1. The van der Waals surface area contributed by atoms with Gasteiger partial charge in [0.15, 0.2) is 0 Å². The molecule has 2 rings (SSSR count). The topological polar surface area (TPSA) is 41.1 Å². The van der Waals surface area contributed by atoms with Crippen LogP contribution < -0.4 is 10.6 Å². The highest BCUT2D eigenvalue weighted by Crippen LogP contribution is 2.23. The highest BCUT2D eigenvalue weighted by Gasteiger charge is 2.23. The van der Waals surface area contributed by atoms with E-state index >= 15 is 0 Å². The molecule has 0 aliphatic carbocycles. The lowest BCUT2D eigenvalue weighted by atomic mass is 9.94. The third-order valence-electron chi connectivity index (χ3n) is 3.11. The number of amides is 2. The van der Waals surface area contributed by atoms with Crippen molar-refractivity contribution in [1.29, 1.82) is 0 Å². The summed E-state index contributed by atoms with van der Waals surface area (Å²) >= 11 is 11.9. The van der Waals surface area contributed by atoms with Crippen LogP contribution in [0.2, 0.25) is 10.0 Å². The van der Waals surface area contributed by atoms with Crippen molar-refractivity contribution in [1.82, 2.24) is 5.32 Å². The molecule has 2 aromatic carbocycles. The predicted molar refractivity (Wildman–Crippen MR) is 88.1 cm³/mol. The Morgan fingerprint density at radius 1 is 1.00 bits per heavy atom. The largest absolute Gasteiger partial charge is 0.329 e. The van der Waals surface area contributed by atoms with E-state index in [1.807, 2.05) is 38.1 Å². The van der Waals surface area contributed by atoms with Gasteiger partial charge in [-0.15, -0.1) is 0 Å². The van der Waals surface area contributed by atoms with E-state index < -0.39 is 5.54 Å². The second-order valence-electron chi connectivity index (χ2n) is 5.19.